The van der Waals surface area contributed by atoms with E-state index < -0.39 is 6.36 Å². The van der Waals surface area contributed by atoms with Crippen LogP contribution in [0.5, 0.6) is 5.75 Å². The molecule has 23 heavy (non-hydrogen) atoms. The lowest BCUT2D eigenvalue weighted by Crippen LogP contribution is -2.16. The van der Waals surface area contributed by atoms with Gasteiger partial charge in [0.25, 0.3) is 0 Å². The maximum atomic E-state index is 12.2. The Labute approximate surface area is 132 Å². The lowest BCUT2D eigenvalue weighted by Gasteiger charge is -2.12. The summed E-state index contributed by atoms with van der Waals surface area (Å²) in [6, 6.07) is 23.5. The van der Waals surface area contributed by atoms with Gasteiger partial charge in [-0.2, -0.15) is 0 Å². The van der Waals surface area contributed by atoms with Gasteiger partial charge in [-0.1, -0.05) is 66.7 Å². The molecule has 0 radical (unpaired) electrons. The summed E-state index contributed by atoms with van der Waals surface area (Å²) in [4.78, 5) is 0. The summed E-state index contributed by atoms with van der Waals surface area (Å²) < 4.78 is 40.6. The Morgan fingerprint density at radius 1 is 0.565 bits per heavy atom. The summed E-state index contributed by atoms with van der Waals surface area (Å²) in [5, 5.41) is 0. The minimum Gasteiger partial charge on any atom is -0.406 e. The number of ether oxygens (including phenoxy) is 1. The largest absolute Gasteiger partial charge is 0.573 e. The molecule has 3 rings (SSSR count). The summed E-state index contributed by atoms with van der Waals surface area (Å²) in [5.74, 6) is -0.224. The molecule has 116 valence electrons. The van der Waals surface area contributed by atoms with Gasteiger partial charge < -0.3 is 4.74 Å². The van der Waals surface area contributed by atoms with Crippen molar-refractivity contribution in [1.82, 2.24) is 0 Å². The first-order valence-corrected chi connectivity index (χ1v) is 7.03. The van der Waals surface area contributed by atoms with Crippen LogP contribution in [0, 0.1) is 0 Å². The monoisotopic (exact) mass is 314 g/mol. The highest BCUT2D eigenvalue weighted by atomic mass is 19.4. The molecule has 0 aromatic heterocycles. The fourth-order valence-corrected chi connectivity index (χ4v) is 2.44. The van der Waals surface area contributed by atoms with Crippen molar-refractivity contribution in [2.75, 3.05) is 0 Å². The maximum absolute atomic E-state index is 12.2. The Bertz CT molecular complexity index is 778. The average Bonchev–Trinajstić information content (AvgIpc) is 2.55. The van der Waals surface area contributed by atoms with E-state index >= 15 is 0 Å². The molecule has 0 fully saturated rings. The van der Waals surface area contributed by atoms with E-state index in [2.05, 4.69) is 4.74 Å². The van der Waals surface area contributed by atoms with Crippen LogP contribution >= 0.6 is 0 Å². The van der Waals surface area contributed by atoms with E-state index in [1.807, 2.05) is 54.6 Å². The van der Waals surface area contributed by atoms with Crippen LogP contribution in [0.25, 0.3) is 22.3 Å². The third-order valence-corrected chi connectivity index (χ3v) is 3.41. The van der Waals surface area contributed by atoms with Crippen LogP contribution in [-0.4, -0.2) is 6.36 Å². The Morgan fingerprint density at radius 2 is 1.04 bits per heavy atom. The normalized spacial score (nSPS) is 11.3. The first-order chi connectivity index (χ1) is 11.0. The quantitative estimate of drug-likeness (QED) is 0.583. The molecule has 0 heterocycles. The molecule has 0 bridgehead atoms. The molecule has 1 nitrogen and oxygen atoms in total. The predicted molar refractivity (Wildman–Crippen MR) is 84.0 cm³/mol. The number of alkyl halides is 3. The Kier molecular flexibility index (Phi) is 4.06. The van der Waals surface area contributed by atoms with Crippen molar-refractivity contribution in [3.8, 4) is 28.0 Å². The Hall–Kier alpha value is -2.75. The van der Waals surface area contributed by atoms with Crippen LogP contribution in [0.4, 0.5) is 13.2 Å². The molecule has 0 aliphatic carbocycles. The van der Waals surface area contributed by atoms with Gasteiger partial charge in [-0.15, -0.1) is 13.2 Å². The van der Waals surface area contributed by atoms with Crippen molar-refractivity contribution >= 4 is 0 Å². The molecule has 4 heteroatoms. The summed E-state index contributed by atoms with van der Waals surface area (Å²) in [7, 11) is 0. The summed E-state index contributed by atoms with van der Waals surface area (Å²) in [6.45, 7) is 0. The van der Waals surface area contributed by atoms with E-state index in [4.69, 9.17) is 0 Å². The van der Waals surface area contributed by atoms with Gasteiger partial charge in [0.05, 0.1) is 0 Å². The van der Waals surface area contributed by atoms with Gasteiger partial charge in [-0.05, 0) is 34.4 Å². The van der Waals surface area contributed by atoms with Crippen LogP contribution in [0.15, 0.2) is 78.9 Å². The lowest BCUT2D eigenvalue weighted by atomic mass is 9.95. The number of hydrogen-bond acceptors (Lipinski definition) is 1. The number of halogens is 3. The number of rotatable bonds is 3. The molecule has 3 aromatic carbocycles. The van der Waals surface area contributed by atoms with Gasteiger partial charge in [-0.3, -0.25) is 0 Å². The van der Waals surface area contributed by atoms with Gasteiger partial charge >= 0.3 is 6.36 Å². The zero-order chi connectivity index (χ0) is 16.3. The van der Waals surface area contributed by atoms with E-state index in [-0.39, 0.29) is 5.75 Å². The molecule has 0 N–H and O–H groups in total. The second-order valence-corrected chi connectivity index (χ2v) is 4.98. The molecule has 0 saturated carbocycles. The second-order valence-electron chi connectivity index (χ2n) is 4.98. The topological polar surface area (TPSA) is 9.23 Å². The van der Waals surface area contributed by atoms with Crippen LogP contribution in [0.2, 0.25) is 0 Å². The van der Waals surface area contributed by atoms with Crippen molar-refractivity contribution in [2.45, 2.75) is 6.36 Å². The molecule has 0 atom stereocenters. The van der Waals surface area contributed by atoms with Crippen LogP contribution in [0.1, 0.15) is 0 Å². The summed E-state index contributed by atoms with van der Waals surface area (Å²) in [5.41, 5.74) is 3.87. The first-order valence-electron chi connectivity index (χ1n) is 7.03. The smallest absolute Gasteiger partial charge is 0.406 e. The van der Waals surface area contributed by atoms with Crippen molar-refractivity contribution < 1.29 is 17.9 Å². The van der Waals surface area contributed by atoms with E-state index in [0.29, 0.717) is 0 Å². The second kappa shape index (κ2) is 6.16. The molecule has 0 amide bonds. The van der Waals surface area contributed by atoms with Crippen LogP contribution in [0.3, 0.4) is 0 Å². The zero-order valence-electron chi connectivity index (χ0n) is 12.0. The molecular weight excluding hydrogens is 301 g/mol. The van der Waals surface area contributed by atoms with Crippen LogP contribution in [-0.2, 0) is 0 Å². The van der Waals surface area contributed by atoms with Crippen molar-refractivity contribution in [3.63, 3.8) is 0 Å². The fraction of sp³-hybridized carbons (Fsp3) is 0.0526. The molecule has 0 aliphatic rings. The third kappa shape index (κ3) is 3.72. The highest BCUT2D eigenvalue weighted by Crippen LogP contribution is 2.33. The third-order valence-electron chi connectivity index (χ3n) is 3.41. The average molecular weight is 314 g/mol. The van der Waals surface area contributed by atoms with E-state index in [1.165, 1.54) is 12.1 Å². The molecule has 0 unspecified atom stereocenters. The fourth-order valence-electron chi connectivity index (χ4n) is 2.44. The SMILES string of the molecule is FC(F)(F)Oc1ccc(-c2ccccc2-c2ccccc2)cc1. The van der Waals surface area contributed by atoms with Crippen molar-refractivity contribution in [1.29, 1.82) is 0 Å². The predicted octanol–water partition coefficient (Wildman–Crippen LogP) is 5.92. The molecule has 3 aromatic rings. The van der Waals surface area contributed by atoms with Crippen molar-refractivity contribution in [3.05, 3.63) is 78.9 Å². The van der Waals surface area contributed by atoms with E-state index in [1.54, 1.807) is 12.1 Å². The van der Waals surface area contributed by atoms with Gasteiger partial charge in [0.2, 0.25) is 0 Å². The summed E-state index contributed by atoms with van der Waals surface area (Å²) in [6.07, 6.45) is -4.68. The highest BCUT2D eigenvalue weighted by Gasteiger charge is 2.30. The van der Waals surface area contributed by atoms with Gasteiger partial charge in [0.15, 0.2) is 0 Å². The molecular formula is C19H13F3O. The van der Waals surface area contributed by atoms with Gasteiger partial charge in [0, 0.05) is 0 Å². The Morgan fingerprint density at radius 3 is 1.57 bits per heavy atom. The Balaban J connectivity index is 1.97. The van der Waals surface area contributed by atoms with E-state index in [0.717, 1.165) is 22.3 Å². The lowest BCUT2D eigenvalue weighted by molar-refractivity contribution is -0.274. The highest BCUT2D eigenvalue weighted by molar-refractivity contribution is 5.83. The molecule has 0 aliphatic heterocycles. The molecule has 0 saturated heterocycles. The first kappa shape index (κ1) is 15.2. The number of hydrogen-bond donors (Lipinski definition) is 0. The van der Waals surface area contributed by atoms with Crippen molar-refractivity contribution in [2.24, 2.45) is 0 Å². The minimum absolute atomic E-state index is 0.224. The molecule has 0 spiro atoms. The standard InChI is InChI=1S/C19H13F3O/c20-19(21,22)23-16-12-10-15(11-13-16)18-9-5-4-8-17(18)14-6-2-1-3-7-14/h1-13H. The van der Waals surface area contributed by atoms with Gasteiger partial charge in [-0.25, -0.2) is 0 Å². The van der Waals surface area contributed by atoms with Crippen LogP contribution < -0.4 is 4.74 Å². The number of benzene rings is 3. The maximum Gasteiger partial charge on any atom is 0.573 e. The van der Waals surface area contributed by atoms with Gasteiger partial charge in [0.1, 0.15) is 5.75 Å². The minimum atomic E-state index is -4.68. The zero-order valence-corrected chi connectivity index (χ0v) is 12.0. The summed E-state index contributed by atoms with van der Waals surface area (Å²) >= 11 is 0. The van der Waals surface area contributed by atoms with E-state index in [9.17, 15) is 13.2 Å².